The maximum Gasteiger partial charge on any atom is 0.416 e. The summed E-state index contributed by atoms with van der Waals surface area (Å²) in [6, 6.07) is 11.0. The van der Waals surface area contributed by atoms with E-state index in [-0.39, 0.29) is 6.42 Å². The normalized spacial score (nSPS) is 12.9. The van der Waals surface area contributed by atoms with Crippen molar-refractivity contribution in [2.45, 2.75) is 18.6 Å². The molecule has 116 valence electrons. The van der Waals surface area contributed by atoms with E-state index in [0.717, 1.165) is 17.7 Å². The van der Waals surface area contributed by atoms with Crippen molar-refractivity contribution in [2.24, 2.45) is 5.73 Å². The minimum atomic E-state index is -4.36. The zero-order valence-corrected chi connectivity index (χ0v) is 11.5. The minimum Gasteiger partial charge on any atom is -0.481 e. The second-order valence-electron chi connectivity index (χ2n) is 4.90. The molecule has 0 aliphatic rings. The van der Waals surface area contributed by atoms with E-state index in [2.05, 4.69) is 0 Å². The summed E-state index contributed by atoms with van der Waals surface area (Å²) in [5.74, 6) is -0.987. The van der Waals surface area contributed by atoms with E-state index >= 15 is 0 Å². The van der Waals surface area contributed by atoms with Crippen LogP contribution in [0.25, 0.3) is 11.1 Å². The van der Waals surface area contributed by atoms with Crippen LogP contribution < -0.4 is 5.73 Å². The Labute approximate surface area is 125 Å². The van der Waals surface area contributed by atoms with Crippen LogP contribution in [-0.4, -0.2) is 11.1 Å². The number of hydrogen-bond acceptors (Lipinski definition) is 2. The summed E-state index contributed by atoms with van der Waals surface area (Å²) in [6.07, 6.45) is -4.54. The molecule has 0 saturated carbocycles. The fourth-order valence-corrected chi connectivity index (χ4v) is 2.08. The van der Waals surface area contributed by atoms with Crippen LogP contribution in [0.15, 0.2) is 48.5 Å². The lowest BCUT2D eigenvalue weighted by molar-refractivity contribution is -0.138. The predicted molar refractivity (Wildman–Crippen MR) is 76.1 cm³/mol. The Kier molecular flexibility index (Phi) is 4.51. The summed E-state index contributed by atoms with van der Waals surface area (Å²) in [4.78, 5) is 10.6. The lowest BCUT2D eigenvalue weighted by atomic mass is 9.99. The van der Waals surface area contributed by atoms with E-state index in [4.69, 9.17) is 10.8 Å². The smallest absolute Gasteiger partial charge is 0.416 e. The van der Waals surface area contributed by atoms with Gasteiger partial charge in [0.1, 0.15) is 0 Å². The van der Waals surface area contributed by atoms with E-state index in [9.17, 15) is 18.0 Å². The summed E-state index contributed by atoms with van der Waals surface area (Å²) in [5, 5.41) is 8.70. The SMILES string of the molecule is NC(CC(=O)O)c1ccc(-c2ccc(C(F)(F)F)cc2)cc1. The highest BCUT2D eigenvalue weighted by Gasteiger charge is 2.29. The van der Waals surface area contributed by atoms with E-state index in [1.54, 1.807) is 24.3 Å². The first-order chi connectivity index (χ1) is 10.3. The lowest BCUT2D eigenvalue weighted by Gasteiger charge is -2.11. The molecule has 3 N–H and O–H groups in total. The molecule has 0 bridgehead atoms. The van der Waals surface area contributed by atoms with E-state index in [1.165, 1.54) is 12.1 Å². The summed E-state index contributed by atoms with van der Waals surface area (Å²) in [7, 11) is 0. The van der Waals surface area contributed by atoms with Gasteiger partial charge in [-0.3, -0.25) is 4.79 Å². The van der Waals surface area contributed by atoms with Crippen LogP contribution in [0.3, 0.4) is 0 Å². The molecule has 0 spiro atoms. The molecule has 3 nitrogen and oxygen atoms in total. The topological polar surface area (TPSA) is 63.3 Å². The number of aliphatic carboxylic acids is 1. The van der Waals surface area contributed by atoms with Crippen LogP contribution in [0, 0.1) is 0 Å². The summed E-state index contributed by atoms with van der Waals surface area (Å²) < 4.78 is 37.5. The maximum absolute atomic E-state index is 12.5. The van der Waals surface area contributed by atoms with Crippen molar-refractivity contribution in [3.8, 4) is 11.1 Å². The Morgan fingerprint density at radius 1 is 1.00 bits per heavy atom. The third kappa shape index (κ3) is 3.85. The van der Waals surface area contributed by atoms with Crippen LogP contribution in [0.4, 0.5) is 13.2 Å². The Balaban J connectivity index is 2.18. The number of nitrogens with two attached hydrogens (primary N) is 1. The van der Waals surface area contributed by atoms with Gasteiger partial charge >= 0.3 is 12.1 Å². The molecule has 0 saturated heterocycles. The number of rotatable bonds is 4. The monoisotopic (exact) mass is 309 g/mol. The number of alkyl halides is 3. The van der Waals surface area contributed by atoms with Crippen molar-refractivity contribution in [3.05, 3.63) is 59.7 Å². The molecule has 2 rings (SSSR count). The number of carboxylic acid groups (broad SMARTS) is 1. The van der Waals surface area contributed by atoms with Crippen molar-refractivity contribution in [1.82, 2.24) is 0 Å². The Bertz CT molecular complexity index is 649. The zero-order valence-electron chi connectivity index (χ0n) is 11.5. The second kappa shape index (κ2) is 6.19. The molecule has 2 aromatic carbocycles. The van der Waals surface area contributed by atoms with Gasteiger partial charge in [-0.2, -0.15) is 13.2 Å². The average Bonchev–Trinajstić information content (AvgIpc) is 2.46. The number of benzene rings is 2. The van der Waals surface area contributed by atoms with E-state index in [1.807, 2.05) is 0 Å². The highest BCUT2D eigenvalue weighted by Crippen LogP contribution is 2.31. The first-order valence-electron chi connectivity index (χ1n) is 6.52. The van der Waals surface area contributed by atoms with Gasteiger partial charge in [-0.25, -0.2) is 0 Å². The van der Waals surface area contributed by atoms with Gasteiger partial charge in [0, 0.05) is 6.04 Å². The van der Waals surface area contributed by atoms with Crippen LogP contribution in [0.2, 0.25) is 0 Å². The molecular formula is C16H14F3NO2. The number of carbonyl (C=O) groups is 1. The molecule has 22 heavy (non-hydrogen) atoms. The predicted octanol–water partition coefficient (Wildman–Crippen LogP) is 3.85. The first-order valence-corrected chi connectivity index (χ1v) is 6.52. The van der Waals surface area contributed by atoms with Crippen LogP contribution >= 0.6 is 0 Å². The van der Waals surface area contributed by atoms with Crippen molar-refractivity contribution in [3.63, 3.8) is 0 Å². The number of hydrogen-bond donors (Lipinski definition) is 2. The van der Waals surface area contributed by atoms with Crippen LogP contribution in [0.5, 0.6) is 0 Å². The molecule has 6 heteroatoms. The average molecular weight is 309 g/mol. The first kappa shape index (κ1) is 16.0. The molecule has 2 aromatic rings. The van der Waals surface area contributed by atoms with Crippen molar-refractivity contribution in [2.75, 3.05) is 0 Å². The van der Waals surface area contributed by atoms with Gasteiger partial charge in [-0.05, 0) is 28.8 Å². The zero-order chi connectivity index (χ0) is 16.3. The van der Waals surface area contributed by atoms with Gasteiger partial charge < -0.3 is 10.8 Å². The molecule has 1 atom stereocenters. The largest absolute Gasteiger partial charge is 0.481 e. The van der Waals surface area contributed by atoms with Crippen molar-refractivity contribution >= 4 is 5.97 Å². The highest BCUT2D eigenvalue weighted by molar-refractivity contribution is 5.68. The van der Waals surface area contributed by atoms with Crippen molar-refractivity contribution in [1.29, 1.82) is 0 Å². The molecular weight excluding hydrogens is 295 g/mol. The van der Waals surface area contributed by atoms with Gasteiger partial charge in [0.25, 0.3) is 0 Å². The fraction of sp³-hybridized carbons (Fsp3) is 0.188. The minimum absolute atomic E-state index is 0.181. The van der Waals surface area contributed by atoms with Crippen LogP contribution in [-0.2, 0) is 11.0 Å². The Morgan fingerprint density at radius 3 is 1.86 bits per heavy atom. The van der Waals surface area contributed by atoms with Crippen molar-refractivity contribution < 1.29 is 23.1 Å². The standard InChI is InChI=1S/C16H14F3NO2/c17-16(18,19)13-7-5-11(6-8-13)10-1-3-12(4-2-10)14(20)9-15(21)22/h1-8,14H,9,20H2,(H,21,22). The second-order valence-corrected chi connectivity index (χ2v) is 4.90. The van der Waals surface area contributed by atoms with Gasteiger partial charge in [0.2, 0.25) is 0 Å². The third-order valence-corrected chi connectivity index (χ3v) is 3.28. The molecule has 0 aliphatic carbocycles. The quantitative estimate of drug-likeness (QED) is 0.901. The van der Waals surface area contributed by atoms with Gasteiger partial charge in [0.05, 0.1) is 12.0 Å². The Hall–Kier alpha value is -2.34. The molecule has 1 unspecified atom stereocenters. The lowest BCUT2D eigenvalue weighted by Crippen LogP contribution is -2.14. The van der Waals surface area contributed by atoms with Gasteiger partial charge in [-0.15, -0.1) is 0 Å². The molecule has 0 radical (unpaired) electrons. The highest BCUT2D eigenvalue weighted by atomic mass is 19.4. The summed E-state index contributed by atoms with van der Waals surface area (Å²) in [5.41, 5.74) is 7.09. The maximum atomic E-state index is 12.5. The Morgan fingerprint density at radius 2 is 1.45 bits per heavy atom. The number of halogens is 3. The van der Waals surface area contributed by atoms with E-state index < -0.39 is 23.8 Å². The fourth-order valence-electron chi connectivity index (χ4n) is 2.08. The van der Waals surface area contributed by atoms with Crippen LogP contribution in [0.1, 0.15) is 23.6 Å². The van der Waals surface area contributed by atoms with Gasteiger partial charge in [0.15, 0.2) is 0 Å². The third-order valence-electron chi connectivity index (χ3n) is 3.28. The molecule has 0 amide bonds. The van der Waals surface area contributed by atoms with E-state index in [0.29, 0.717) is 11.1 Å². The number of carboxylic acids is 1. The molecule has 0 heterocycles. The molecule has 0 aliphatic heterocycles. The molecule has 0 aromatic heterocycles. The molecule has 0 fully saturated rings. The van der Waals surface area contributed by atoms with Gasteiger partial charge in [-0.1, -0.05) is 36.4 Å². The summed E-state index contributed by atoms with van der Waals surface area (Å²) >= 11 is 0. The summed E-state index contributed by atoms with van der Waals surface area (Å²) in [6.45, 7) is 0.